The Morgan fingerprint density at radius 1 is 1.33 bits per heavy atom. The molecule has 2 N–H and O–H groups in total. The first-order valence-electron chi connectivity index (χ1n) is 9.35. The van der Waals surface area contributed by atoms with Crippen LogP contribution in [0.2, 0.25) is 0 Å². The van der Waals surface area contributed by atoms with Gasteiger partial charge in [-0.05, 0) is 44.6 Å². The second kappa shape index (κ2) is 8.65. The monoisotopic (exact) mass is 335 g/mol. The van der Waals surface area contributed by atoms with Gasteiger partial charge in [-0.2, -0.15) is 5.10 Å². The number of nitrogens with one attached hydrogen (secondary N) is 1. The van der Waals surface area contributed by atoms with Gasteiger partial charge in [0.1, 0.15) is 0 Å². The molecule has 0 aromatic carbocycles. The number of nitrogens with zero attached hydrogens (tertiary/aromatic N) is 2. The summed E-state index contributed by atoms with van der Waals surface area (Å²) in [5, 5.41) is 17.2. The lowest BCUT2D eigenvalue weighted by molar-refractivity contribution is -0.122. The van der Waals surface area contributed by atoms with E-state index in [4.69, 9.17) is 0 Å². The number of aliphatic hydroxyl groups is 1. The lowest BCUT2D eigenvalue weighted by atomic mass is 9.85. The molecule has 1 fully saturated rings. The van der Waals surface area contributed by atoms with Crippen LogP contribution in [-0.2, 0) is 17.8 Å². The minimum atomic E-state index is 0.0933. The molecule has 0 saturated heterocycles. The van der Waals surface area contributed by atoms with Crippen LogP contribution in [0.4, 0.5) is 0 Å². The van der Waals surface area contributed by atoms with Crippen molar-refractivity contribution in [3.63, 3.8) is 0 Å². The molecule has 1 saturated carbocycles. The number of carbonyl (C=O) groups is 1. The molecule has 0 aliphatic heterocycles. The number of aryl methyl sites for hydroxylation is 1. The van der Waals surface area contributed by atoms with Gasteiger partial charge in [0, 0.05) is 37.2 Å². The van der Waals surface area contributed by atoms with Gasteiger partial charge in [-0.15, -0.1) is 0 Å². The number of hydrogen-bond donors (Lipinski definition) is 2. The van der Waals surface area contributed by atoms with Gasteiger partial charge in [0.25, 0.3) is 0 Å². The Balaban J connectivity index is 1.90. The van der Waals surface area contributed by atoms with E-state index in [9.17, 15) is 9.90 Å². The van der Waals surface area contributed by atoms with Crippen LogP contribution in [0.5, 0.6) is 0 Å². The first kappa shape index (κ1) is 19.0. The quantitative estimate of drug-likeness (QED) is 0.805. The van der Waals surface area contributed by atoms with Gasteiger partial charge in [-0.3, -0.25) is 9.48 Å². The molecule has 2 atom stereocenters. The second-order valence-electron chi connectivity index (χ2n) is 7.63. The van der Waals surface area contributed by atoms with Gasteiger partial charge >= 0.3 is 0 Å². The van der Waals surface area contributed by atoms with Crippen molar-refractivity contribution in [2.75, 3.05) is 6.61 Å². The fourth-order valence-electron chi connectivity index (χ4n) is 3.75. The fraction of sp³-hybridized carbons (Fsp3) is 0.789. The summed E-state index contributed by atoms with van der Waals surface area (Å²) >= 11 is 0. The van der Waals surface area contributed by atoms with Crippen molar-refractivity contribution >= 4 is 5.91 Å². The third kappa shape index (κ3) is 4.82. The summed E-state index contributed by atoms with van der Waals surface area (Å²) in [6.45, 7) is 9.58. The molecule has 0 bridgehead atoms. The third-order valence-electron chi connectivity index (χ3n) is 5.16. The van der Waals surface area contributed by atoms with E-state index in [0.29, 0.717) is 12.3 Å². The zero-order valence-electron chi connectivity index (χ0n) is 15.6. The van der Waals surface area contributed by atoms with Crippen LogP contribution in [0.3, 0.4) is 0 Å². The first-order chi connectivity index (χ1) is 11.4. The van der Waals surface area contributed by atoms with E-state index in [1.807, 2.05) is 6.92 Å². The predicted octanol–water partition coefficient (Wildman–Crippen LogP) is 2.76. The zero-order chi connectivity index (χ0) is 17.7. The number of aliphatic hydroxyl groups excluding tert-OH is 1. The molecule has 5 heteroatoms. The van der Waals surface area contributed by atoms with Gasteiger partial charge in [-0.1, -0.05) is 26.7 Å². The third-order valence-corrected chi connectivity index (χ3v) is 5.16. The van der Waals surface area contributed by atoms with E-state index < -0.39 is 0 Å². The SMILES string of the molecule is Cc1nn(CC(C)C)c(C)c1CCC(=O)NC1CCCCC1CO. The van der Waals surface area contributed by atoms with E-state index >= 15 is 0 Å². The maximum atomic E-state index is 12.3. The molecule has 1 aromatic rings. The van der Waals surface area contributed by atoms with Crippen molar-refractivity contribution < 1.29 is 9.90 Å². The molecule has 136 valence electrons. The van der Waals surface area contributed by atoms with Crippen LogP contribution in [0.15, 0.2) is 0 Å². The van der Waals surface area contributed by atoms with Crippen LogP contribution >= 0.6 is 0 Å². The number of carbonyl (C=O) groups excluding carboxylic acids is 1. The van der Waals surface area contributed by atoms with Crippen molar-refractivity contribution in [2.24, 2.45) is 11.8 Å². The Labute approximate surface area is 145 Å². The summed E-state index contributed by atoms with van der Waals surface area (Å²) in [6, 6.07) is 0.141. The van der Waals surface area contributed by atoms with Crippen molar-refractivity contribution in [1.82, 2.24) is 15.1 Å². The van der Waals surface area contributed by atoms with E-state index in [1.165, 1.54) is 11.3 Å². The minimum absolute atomic E-state index is 0.0933. The molecule has 2 unspecified atom stereocenters. The van der Waals surface area contributed by atoms with E-state index in [2.05, 4.69) is 35.9 Å². The standard InChI is InChI=1S/C19H33N3O2/c1-13(2)11-22-15(4)17(14(3)21-22)9-10-19(24)20-18-8-6-5-7-16(18)12-23/h13,16,18,23H,5-12H2,1-4H3,(H,20,24). The van der Waals surface area contributed by atoms with Crippen molar-refractivity contribution in [1.29, 1.82) is 0 Å². The highest BCUT2D eigenvalue weighted by molar-refractivity contribution is 5.76. The van der Waals surface area contributed by atoms with Crippen molar-refractivity contribution in [3.8, 4) is 0 Å². The fourth-order valence-corrected chi connectivity index (χ4v) is 3.75. The van der Waals surface area contributed by atoms with Gasteiger partial charge in [0.2, 0.25) is 5.91 Å². The Bertz CT molecular complexity index is 551. The van der Waals surface area contributed by atoms with E-state index in [0.717, 1.165) is 44.3 Å². The molecule has 1 aliphatic carbocycles. The zero-order valence-corrected chi connectivity index (χ0v) is 15.6. The summed E-state index contributed by atoms with van der Waals surface area (Å²) in [7, 11) is 0. The van der Waals surface area contributed by atoms with Gasteiger partial charge in [0.05, 0.1) is 5.69 Å². The second-order valence-corrected chi connectivity index (χ2v) is 7.63. The van der Waals surface area contributed by atoms with Crippen LogP contribution in [-0.4, -0.2) is 33.4 Å². The predicted molar refractivity (Wildman–Crippen MR) is 95.8 cm³/mol. The Morgan fingerprint density at radius 2 is 2.04 bits per heavy atom. The van der Waals surface area contributed by atoms with Crippen LogP contribution in [0.25, 0.3) is 0 Å². The van der Waals surface area contributed by atoms with Crippen LogP contribution < -0.4 is 5.32 Å². The molecule has 1 aliphatic rings. The summed E-state index contributed by atoms with van der Waals surface area (Å²) in [4.78, 5) is 12.3. The molecular formula is C19H33N3O2. The van der Waals surface area contributed by atoms with Gasteiger partial charge < -0.3 is 10.4 Å². The van der Waals surface area contributed by atoms with E-state index in [-0.39, 0.29) is 24.5 Å². The smallest absolute Gasteiger partial charge is 0.220 e. The molecule has 0 spiro atoms. The highest BCUT2D eigenvalue weighted by atomic mass is 16.3. The number of aromatic nitrogens is 2. The largest absolute Gasteiger partial charge is 0.396 e. The topological polar surface area (TPSA) is 67.2 Å². The summed E-state index contributed by atoms with van der Waals surface area (Å²) in [6.07, 6.45) is 5.53. The number of amides is 1. The first-order valence-corrected chi connectivity index (χ1v) is 9.35. The Hall–Kier alpha value is -1.36. The summed E-state index contributed by atoms with van der Waals surface area (Å²) in [5.41, 5.74) is 3.42. The molecule has 2 rings (SSSR count). The highest BCUT2D eigenvalue weighted by Crippen LogP contribution is 2.24. The Morgan fingerprint density at radius 3 is 2.71 bits per heavy atom. The normalized spacial score (nSPS) is 21.2. The van der Waals surface area contributed by atoms with Gasteiger partial charge in [-0.25, -0.2) is 0 Å². The molecule has 24 heavy (non-hydrogen) atoms. The minimum Gasteiger partial charge on any atom is -0.396 e. The van der Waals surface area contributed by atoms with Crippen LogP contribution in [0.1, 0.15) is 62.9 Å². The number of hydrogen-bond acceptors (Lipinski definition) is 3. The summed E-state index contributed by atoms with van der Waals surface area (Å²) in [5.74, 6) is 0.872. The lowest BCUT2D eigenvalue weighted by Gasteiger charge is -2.30. The Kier molecular flexibility index (Phi) is 6.84. The molecule has 0 radical (unpaired) electrons. The van der Waals surface area contributed by atoms with Crippen molar-refractivity contribution in [3.05, 3.63) is 17.0 Å². The highest BCUT2D eigenvalue weighted by Gasteiger charge is 2.25. The van der Waals surface area contributed by atoms with Crippen LogP contribution in [0, 0.1) is 25.7 Å². The molecule has 5 nitrogen and oxygen atoms in total. The lowest BCUT2D eigenvalue weighted by Crippen LogP contribution is -2.43. The van der Waals surface area contributed by atoms with E-state index in [1.54, 1.807) is 0 Å². The maximum Gasteiger partial charge on any atom is 0.220 e. The average Bonchev–Trinajstić information content (AvgIpc) is 2.79. The summed E-state index contributed by atoms with van der Waals surface area (Å²) < 4.78 is 2.07. The van der Waals surface area contributed by atoms with Gasteiger partial charge in [0.15, 0.2) is 0 Å². The molecular weight excluding hydrogens is 302 g/mol. The molecule has 1 heterocycles. The molecule has 1 aromatic heterocycles. The maximum absolute atomic E-state index is 12.3. The molecule has 1 amide bonds. The average molecular weight is 335 g/mol. The number of rotatable bonds is 7. The van der Waals surface area contributed by atoms with Crippen molar-refractivity contribution in [2.45, 2.75) is 78.8 Å².